The Hall–Kier alpha value is -1.42. The van der Waals surface area contributed by atoms with E-state index in [4.69, 9.17) is 0 Å². The highest BCUT2D eigenvalue weighted by atomic mass is 16.4. The molecule has 1 unspecified atom stereocenters. The minimum Gasteiger partial charge on any atom is -0.480 e. The highest BCUT2D eigenvalue weighted by Gasteiger charge is 2.27. The zero-order valence-electron chi connectivity index (χ0n) is 9.88. The number of likely N-dealkylation sites (tertiary alicyclic amines) is 1. The maximum Gasteiger partial charge on any atom is 0.320 e. The summed E-state index contributed by atoms with van der Waals surface area (Å²) in [4.78, 5) is 17.5. The number of aryl methyl sites for hydroxylation is 1. The van der Waals surface area contributed by atoms with Gasteiger partial charge < -0.3 is 5.11 Å². The Labute approximate surface area is 101 Å². The first-order valence-corrected chi connectivity index (χ1v) is 6.14. The number of pyridine rings is 1. The van der Waals surface area contributed by atoms with Gasteiger partial charge in [-0.3, -0.25) is 14.7 Å². The van der Waals surface area contributed by atoms with Gasteiger partial charge in [0.1, 0.15) is 6.04 Å². The van der Waals surface area contributed by atoms with Crippen LogP contribution in [0.25, 0.3) is 0 Å². The Kier molecular flexibility index (Phi) is 4.09. The van der Waals surface area contributed by atoms with Crippen molar-refractivity contribution in [3.8, 4) is 0 Å². The maximum atomic E-state index is 11.2. The minimum absolute atomic E-state index is 0.348. The number of hydrogen-bond donors (Lipinski definition) is 1. The predicted molar refractivity (Wildman–Crippen MR) is 64.8 cm³/mol. The van der Waals surface area contributed by atoms with Crippen LogP contribution in [0.2, 0.25) is 0 Å². The lowest BCUT2D eigenvalue weighted by molar-refractivity contribution is -0.143. The van der Waals surface area contributed by atoms with E-state index < -0.39 is 5.97 Å². The number of nitrogens with zero attached hydrogens (tertiary/aromatic N) is 2. The number of hydrogen-bond acceptors (Lipinski definition) is 3. The fraction of sp³-hybridized carbons (Fsp3) is 0.538. The van der Waals surface area contributed by atoms with Crippen molar-refractivity contribution in [3.63, 3.8) is 0 Å². The summed E-state index contributed by atoms with van der Waals surface area (Å²) in [6.45, 7) is 1.83. The summed E-state index contributed by atoms with van der Waals surface area (Å²) in [6.07, 6.45) is 5.36. The molecule has 1 N–H and O–H groups in total. The first kappa shape index (κ1) is 12.0. The van der Waals surface area contributed by atoms with Crippen molar-refractivity contribution in [2.24, 2.45) is 0 Å². The summed E-state index contributed by atoms with van der Waals surface area (Å²) < 4.78 is 0. The molecule has 4 heteroatoms. The summed E-state index contributed by atoms with van der Waals surface area (Å²) in [7, 11) is 0. The molecular weight excluding hydrogens is 216 g/mol. The van der Waals surface area contributed by atoms with Crippen molar-refractivity contribution in [3.05, 3.63) is 30.1 Å². The minimum atomic E-state index is -0.706. The Balaban J connectivity index is 1.92. The molecular formula is C13H18N2O2. The molecule has 2 rings (SSSR count). The highest BCUT2D eigenvalue weighted by Crippen LogP contribution is 2.16. The average molecular weight is 234 g/mol. The molecule has 0 saturated carbocycles. The first-order chi connectivity index (χ1) is 8.27. The molecule has 1 fully saturated rings. The second-order valence-electron chi connectivity index (χ2n) is 4.46. The van der Waals surface area contributed by atoms with Crippen LogP contribution in [0.4, 0.5) is 0 Å². The zero-order chi connectivity index (χ0) is 12.1. The molecule has 0 spiro atoms. The van der Waals surface area contributed by atoms with E-state index in [0.717, 1.165) is 38.0 Å². The standard InChI is InChI=1S/C13H18N2O2/c16-13(17)12(15-9-3-4-10-15)7-6-11-5-1-2-8-14-11/h1-2,5,8,12H,3-4,6-7,9-10H2,(H,16,17). The van der Waals surface area contributed by atoms with E-state index in [-0.39, 0.29) is 6.04 Å². The van der Waals surface area contributed by atoms with Gasteiger partial charge in [0, 0.05) is 11.9 Å². The van der Waals surface area contributed by atoms with Gasteiger partial charge >= 0.3 is 5.97 Å². The average Bonchev–Trinajstić information content (AvgIpc) is 2.84. The van der Waals surface area contributed by atoms with Gasteiger partial charge in [0.05, 0.1) is 0 Å². The summed E-state index contributed by atoms with van der Waals surface area (Å²) in [5, 5.41) is 9.25. The fourth-order valence-electron chi connectivity index (χ4n) is 2.35. The summed E-state index contributed by atoms with van der Waals surface area (Å²) >= 11 is 0. The third-order valence-electron chi connectivity index (χ3n) is 3.27. The molecule has 0 bridgehead atoms. The van der Waals surface area contributed by atoms with Gasteiger partial charge in [-0.2, -0.15) is 0 Å². The van der Waals surface area contributed by atoms with Crippen molar-refractivity contribution in [1.82, 2.24) is 9.88 Å². The van der Waals surface area contributed by atoms with Crippen LogP contribution in [0.1, 0.15) is 25.0 Å². The molecule has 1 aromatic rings. The van der Waals surface area contributed by atoms with E-state index in [1.165, 1.54) is 0 Å². The Bertz CT molecular complexity index is 361. The van der Waals surface area contributed by atoms with Crippen molar-refractivity contribution < 1.29 is 9.90 Å². The number of carboxylic acid groups (broad SMARTS) is 1. The van der Waals surface area contributed by atoms with Crippen LogP contribution >= 0.6 is 0 Å². The maximum absolute atomic E-state index is 11.2. The van der Waals surface area contributed by atoms with E-state index in [1.807, 2.05) is 18.2 Å². The lowest BCUT2D eigenvalue weighted by Gasteiger charge is -2.23. The molecule has 1 aromatic heterocycles. The molecule has 1 aliphatic heterocycles. The van der Waals surface area contributed by atoms with Crippen LogP contribution in [0.5, 0.6) is 0 Å². The van der Waals surface area contributed by atoms with Crippen molar-refractivity contribution in [1.29, 1.82) is 0 Å². The van der Waals surface area contributed by atoms with Gasteiger partial charge in [0.15, 0.2) is 0 Å². The SMILES string of the molecule is O=C(O)C(CCc1ccccn1)N1CCCC1. The molecule has 1 atom stereocenters. The monoisotopic (exact) mass is 234 g/mol. The summed E-state index contributed by atoms with van der Waals surface area (Å²) in [6, 6.07) is 5.41. The summed E-state index contributed by atoms with van der Waals surface area (Å²) in [5.41, 5.74) is 0.970. The van der Waals surface area contributed by atoms with Gasteiger partial charge in [0.25, 0.3) is 0 Å². The van der Waals surface area contributed by atoms with Crippen LogP contribution in [0, 0.1) is 0 Å². The van der Waals surface area contributed by atoms with E-state index in [2.05, 4.69) is 9.88 Å². The second kappa shape index (κ2) is 5.77. The van der Waals surface area contributed by atoms with Gasteiger partial charge in [-0.05, 0) is 50.9 Å². The van der Waals surface area contributed by atoms with Gasteiger partial charge in [0.2, 0.25) is 0 Å². The molecule has 1 saturated heterocycles. The Morgan fingerprint density at radius 1 is 1.41 bits per heavy atom. The van der Waals surface area contributed by atoms with Crippen molar-refractivity contribution in [2.45, 2.75) is 31.7 Å². The molecule has 0 amide bonds. The third kappa shape index (κ3) is 3.27. The fourth-order valence-corrected chi connectivity index (χ4v) is 2.35. The zero-order valence-corrected chi connectivity index (χ0v) is 9.88. The van der Waals surface area contributed by atoms with Crippen molar-refractivity contribution >= 4 is 5.97 Å². The Morgan fingerprint density at radius 2 is 2.18 bits per heavy atom. The number of aliphatic carboxylic acids is 1. The quantitative estimate of drug-likeness (QED) is 0.840. The molecule has 4 nitrogen and oxygen atoms in total. The third-order valence-corrected chi connectivity index (χ3v) is 3.27. The first-order valence-electron chi connectivity index (χ1n) is 6.14. The molecule has 17 heavy (non-hydrogen) atoms. The predicted octanol–water partition coefficient (Wildman–Crippen LogP) is 1.56. The Morgan fingerprint density at radius 3 is 2.76 bits per heavy atom. The molecule has 1 aliphatic rings. The number of aromatic nitrogens is 1. The van der Waals surface area contributed by atoms with E-state index in [9.17, 15) is 9.90 Å². The van der Waals surface area contributed by atoms with Crippen LogP contribution in [-0.4, -0.2) is 40.1 Å². The number of rotatable bonds is 5. The topological polar surface area (TPSA) is 53.4 Å². The van der Waals surface area contributed by atoms with Gasteiger partial charge in [-0.25, -0.2) is 0 Å². The molecule has 2 heterocycles. The lowest BCUT2D eigenvalue weighted by atomic mass is 10.1. The van der Waals surface area contributed by atoms with E-state index in [1.54, 1.807) is 6.20 Å². The van der Waals surface area contributed by atoms with Crippen LogP contribution in [0.15, 0.2) is 24.4 Å². The smallest absolute Gasteiger partial charge is 0.320 e. The largest absolute Gasteiger partial charge is 0.480 e. The normalized spacial score (nSPS) is 18.1. The highest BCUT2D eigenvalue weighted by molar-refractivity contribution is 5.73. The number of carbonyl (C=O) groups is 1. The molecule has 0 aromatic carbocycles. The van der Waals surface area contributed by atoms with Gasteiger partial charge in [-0.15, -0.1) is 0 Å². The van der Waals surface area contributed by atoms with E-state index in [0.29, 0.717) is 6.42 Å². The molecule has 0 radical (unpaired) electrons. The lowest BCUT2D eigenvalue weighted by Crippen LogP contribution is -2.39. The van der Waals surface area contributed by atoms with Crippen LogP contribution < -0.4 is 0 Å². The molecule has 0 aliphatic carbocycles. The second-order valence-corrected chi connectivity index (χ2v) is 4.46. The van der Waals surface area contributed by atoms with Crippen LogP contribution in [-0.2, 0) is 11.2 Å². The van der Waals surface area contributed by atoms with Crippen LogP contribution in [0.3, 0.4) is 0 Å². The number of carboxylic acids is 1. The summed E-state index contributed by atoms with van der Waals surface area (Å²) in [5.74, 6) is -0.706. The van der Waals surface area contributed by atoms with E-state index >= 15 is 0 Å². The molecule has 92 valence electrons. The van der Waals surface area contributed by atoms with Crippen molar-refractivity contribution in [2.75, 3.05) is 13.1 Å². The van der Waals surface area contributed by atoms with Gasteiger partial charge in [-0.1, -0.05) is 6.07 Å².